The molecular weight excluding hydrogens is 1490 g/mol. The van der Waals surface area contributed by atoms with Gasteiger partial charge in [-0.1, -0.05) is 266 Å². The Morgan fingerprint density at radius 2 is 0.467 bits per heavy atom. The largest absolute Gasteiger partial charge is 0.495 e. The molecule has 0 unspecified atom stereocenters. The first-order valence-corrected chi connectivity index (χ1v) is 38.0. The normalized spacial score (nSPS) is 16.4. The number of halogens is 3. The van der Waals surface area contributed by atoms with E-state index in [0.29, 0.717) is 5.46 Å². The van der Waals surface area contributed by atoms with E-state index in [0.717, 1.165) is 46.1 Å². The van der Waals surface area contributed by atoms with Gasteiger partial charge < -0.3 is 38.0 Å². The van der Waals surface area contributed by atoms with E-state index in [9.17, 15) is 0 Å². The van der Waals surface area contributed by atoms with Crippen LogP contribution in [0.3, 0.4) is 0 Å². The fraction of sp³-hybridized carbons (Fsp3) is 0.200. The summed E-state index contributed by atoms with van der Waals surface area (Å²) in [5.41, 5.74) is 8.60. The average molecular weight is 1580 g/mol. The first-order valence-electron chi connectivity index (χ1n) is 35.7. The van der Waals surface area contributed by atoms with Gasteiger partial charge in [0.05, 0.1) is 33.6 Å². The highest BCUT2D eigenvalue weighted by molar-refractivity contribution is 9.11. The number of hydrogen-bond donors (Lipinski definition) is 2. The Bertz CT molecular complexity index is 5360. The van der Waals surface area contributed by atoms with E-state index in [1.807, 2.05) is 54.6 Å². The van der Waals surface area contributed by atoms with Crippen molar-refractivity contribution in [3.05, 3.63) is 299 Å². The molecule has 0 spiro atoms. The molecular formula is C90H85B4Br3O8. The molecule has 14 aromatic carbocycles. The molecule has 0 aromatic heterocycles. The SMILES string of the molecule is Brc1ccc2cc(-c3ccc4ccccc4c3)ccc2c1.Brc1ccc2cc(Br)ccc2c1.CC1(C)OB(c2ccccc2-c2ccc3cc(-c4ccc5ccccc5c4)ccc3c2)OC1(C)C.CC1(C)OB(c2ccccc2B2OC(C)(C)C(C)(C)O2)OC1(C)C.OB(O)c1ccc2ccccc2c1. The molecule has 0 radical (unpaired) electrons. The van der Waals surface area contributed by atoms with Crippen LogP contribution in [0.1, 0.15) is 83.1 Å². The van der Waals surface area contributed by atoms with Gasteiger partial charge in [-0.3, -0.25) is 0 Å². The van der Waals surface area contributed by atoms with Gasteiger partial charge in [-0.15, -0.1) is 0 Å². The minimum absolute atomic E-state index is 0.368. The molecule has 526 valence electrons. The Labute approximate surface area is 644 Å². The van der Waals surface area contributed by atoms with Gasteiger partial charge in [0.2, 0.25) is 0 Å². The Hall–Kier alpha value is -7.98. The molecule has 3 fully saturated rings. The summed E-state index contributed by atoms with van der Waals surface area (Å²) in [5, 5.41) is 32.6. The van der Waals surface area contributed by atoms with Crippen LogP contribution in [0.5, 0.6) is 0 Å². The van der Waals surface area contributed by atoms with Gasteiger partial charge in [0.25, 0.3) is 0 Å². The van der Waals surface area contributed by atoms with E-state index in [-0.39, 0.29) is 40.7 Å². The van der Waals surface area contributed by atoms with Gasteiger partial charge in [-0.25, -0.2) is 0 Å². The van der Waals surface area contributed by atoms with Crippen LogP contribution in [0.15, 0.2) is 299 Å². The van der Waals surface area contributed by atoms with Gasteiger partial charge >= 0.3 is 28.5 Å². The molecule has 3 aliphatic heterocycles. The summed E-state index contributed by atoms with van der Waals surface area (Å²) < 4.78 is 41.0. The van der Waals surface area contributed by atoms with Crippen molar-refractivity contribution in [2.24, 2.45) is 0 Å². The van der Waals surface area contributed by atoms with Crippen LogP contribution < -0.4 is 21.9 Å². The molecule has 0 saturated carbocycles. The van der Waals surface area contributed by atoms with Crippen LogP contribution in [0.25, 0.3) is 98.0 Å². The van der Waals surface area contributed by atoms with Gasteiger partial charge in [0.1, 0.15) is 0 Å². The second-order valence-electron chi connectivity index (χ2n) is 30.2. The fourth-order valence-corrected chi connectivity index (χ4v) is 14.2. The molecule has 0 atom stereocenters. The summed E-state index contributed by atoms with van der Waals surface area (Å²) in [4.78, 5) is 0. The van der Waals surface area contributed by atoms with Crippen LogP contribution in [0.4, 0.5) is 0 Å². The number of rotatable bonds is 7. The monoisotopic (exact) mass is 1570 g/mol. The molecule has 17 rings (SSSR count). The van der Waals surface area contributed by atoms with Gasteiger partial charge in [0, 0.05) is 13.4 Å². The second kappa shape index (κ2) is 30.7. The van der Waals surface area contributed by atoms with Crippen molar-refractivity contribution in [1.29, 1.82) is 0 Å². The minimum atomic E-state index is -1.38. The number of hydrogen-bond acceptors (Lipinski definition) is 8. The predicted molar refractivity (Wildman–Crippen MR) is 454 cm³/mol. The zero-order valence-electron chi connectivity index (χ0n) is 61.4. The van der Waals surface area contributed by atoms with Crippen molar-refractivity contribution in [3.63, 3.8) is 0 Å². The van der Waals surface area contributed by atoms with Crippen molar-refractivity contribution in [2.45, 2.75) is 117 Å². The maximum Gasteiger partial charge on any atom is 0.495 e. The topological polar surface area (TPSA) is 95.8 Å². The zero-order chi connectivity index (χ0) is 74.2. The lowest BCUT2D eigenvalue weighted by atomic mass is 9.65. The van der Waals surface area contributed by atoms with Crippen LogP contribution in [-0.4, -0.2) is 72.1 Å². The Kier molecular flexibility index (Phi) is 22.0. The third-order valence-corrected chi connectivity index (χ3v) is 22.9. The van der Waals surface area contributed by atoms with Gasteiger partial charge in [-0.2, -0.15) is 0 Å². The Morgan fingerprint density at radius 3 is 0.810 bits per heavy atom. The molecule has 15 heteroatoms. The van der Waals surface area contributed by atoms with Gasteiger partial charge in [0.15, 0.2) is 0 Å². The van der Waals surface area contributed by atoms with Crippen molar-refractivity contribution in [3.8, 4) is 33.4 Å². The standard InChI is InChI=1S/C32H29BO2.C20H13Br.C18H28B2O4.C10H9BO2.C10H6Br2/c1-31(2)32(3,4)35-33(34-31)30-12-8-7-11-29(30)28-18-17-26-20-25(15-16-27(26)21-28)24-14-13-22-9-5-6-10-23(22)19-24;21-20-10-9-18-12-17(7-8-19(18)13-20)16-6-5-14-3-1-2-4-15(14)11-16;1-15(2)16(3,4)22-19(21-15)13-11-9-10-12-14(13)20-23-17(5,6)18(7,8)24-20;12-11(13)10-6-5-8-3-1-2-4-9(8)7-10;11-9-3-1-7-5-10(12)4-2-8(7)6-9/h5-21H,1-4H3;1-13H;9-12H,1-8H3;1-7,12-13H;1-6H. The van der Waals surface area contributed by atoms with E-state index in [1.165, 1.54) is 81.7 Å². The quantitative estimate of drug-likeness (QED) is 0.152. The molecule has 105 heavy (non-hydrogen) atoms. The highest BCUT2D eigenvalue weighted by atomic mass is 79.9. The maximum atomic E-state index is 8.94. The second-order valence-corrected chi connectivity index (χ2v) is 33.0. The zero-order valence-corrected chi connectivity index (χ0v) is 66.2. The van der Waals surface area contributed by atoms with E-state index in [4.69, 9.17) is 38.0 Å². The first kappa shape index (κ1) is 75.3. The average Bonchev–Trinajstić information content (AvgIpc) is 1.63. The van der Waals surface area contributed by atoms with E-state index >= 15 is 0 Å². The first-order chi connectivity index (χ1) is 50.0. The van der Waals surface area contributed by atoms with Crippen molar-refractivity contribution in [1.82, 2.24) is 0 Å². The summed E-state index contributed by atoms with van der Waals surface area (Å²) >= 11 is 10.4. The van der Waals surface area contributed by atoms with Gasteiger partial charge in [-0.05, 0) is 270 Å². The van der Waals surface area contributed by atoms with Crippen molar-refractivity contribution in [2.75, 3.05) is 0 Å². The van der Waals surface area contributed by atoms with E-state index in [2.05, 4.69) is 349 Å². The fourth-order valence-electron chi connectivity index (χ4n) is 13.1. The molecule has 0 aliphatic carbocycles. The molecule has 2 N–H and O–H groups in total. The van der Waals surface area contributed by atoms with Crippen molar-refractivity contribution < 1.29 is 38.0 Å². The summed E-state index contributed by atoms with van der Waals surface area (Å²) in [7, 11) is -2.62. The maximum absolute atomic E-state index is 8.94. The summed E-state index contributed by atoms with van der Waals surface area (Å²) in [6, 6.07) is 98.9. The molecule has 3 heterocycles. The molecule has 3 saturated heterocycles. The Balaban J connectivity index is 0.000000123. The highest BCUT2D eigenvalue weighted by Gasteiger charge is 2.56. The minimum Gasteiger partial charge on any atom is -0.423 e. The third kappa shape index (κ3) is 16.8. The van der Waals surface area contributed by atoms with E-state index in [1.54, 1.807) is 12.1 Å². The third-order valence-electron chi connectivity index (χ3n) is 21.4. The lowest BCUT2D eigenvalue weighted by molar-refractivity contribution is 0.00578. The molecule has 3 aliphatic rings. The highest BCUT2D eigenvalue weighted by Crippen LogP contribution is 2.41. The molecule has 0 bridgehead atoms. The lowest BCUT2D eigenvalue weighted by Gasteiger charge is -2.32. The van der Waals surface area contributed by atoms with Crippen molar-refractivity contribution >= 4 is 163 Å². The predicted octanol–water partition coefficient (Wildman–Crippen LogP) is 21.2. The van der Waals surface area contributed by atoms with Crippen LogP contribution in [-0.2, 0) is 27.9 Å². The van der Waals surface area contributed by atoms with Crippen LogP contribution in [0.2, 0.25) is 0 Å². The van der Waals surface area contributed by atoms with Crippen LogP contribution in [0, 0.1) is 0 Å². The van der Waals surface area contributed by atoms with Crippen LogP contribution >= 0.6 is 47.8 Å². The Morgan fingerprint density at radius 1 is 0.238 bits per heavy atom. The number of benzene rings is 14. The smallest absolute Gasteiger partial charge is 0.423 e. The van der Waals surface area contributed by atoms with E-state index < -0.39 is 21.4 Å². The lowest BCUT2D eigenvalue weighted by Crippen LogP contribution is -2.51. The summed E-state index contributed by atoms with van der Waals surface area (Å²) in [6.45, 7) is 24.9. The summed E-state index contributed by atoms with van der Waals surface area (Å²) in [6.07, 6.45) is 0. The molecule has 0 amide bonds. The molecule has 14 aromatic rings. The number of fused-ring (bicyclic) bond motifs is 6. The summed E-state index contributed by atoms with van der Waals surface area (Å²) in [5.74, 6) is 0. The molecule has 8 nitrogen and oxygen atoms in total.